The number of ether oxygens (including phenoxy) is 1. The molecule has 2 aromatic rings. The highest BCUT2D eigenvalue weighted by Gasteiger charge is 2.16. The number of benzene rings is 1. The fraction of sp³-hybridized carbons (Fsp3) is 0.0769. The molecule has 1 N–H and O–H groups in total. The number of carbonyl (C=O) groups is 1. The number of rotatable bonds is 4. The monoisotopic (exact) mass is 307 g/mol. The second-order valence-corrected chi connectivity index (χ2v) is 4.37. The molecule has 0 fully saturated rings. The zero-order chi connectivity index (χ0) is 15.4. The average Bonchev–Trinajstić information content (AvgIpc) is 2.48. The quantitative estimate of drug-likeness (QED) is 0.692. The number of carbonyl (C=O) groups excluding carboxylic acids is 1. The Balaban J connectivity index is 2.19. The topological polar surface area (TPSA) is 94.4 Å². The van der Waals surface area contributed by atoms with E-state index in [9.17, 15) is 14.9 Å². The number of nitrogens with zero attached hydrogens (tertiary/aromatic N) is 2. The average molecular weight is 308 g/mol. The van der Waals surface area contributed by atoms with Crippen LogP contribution < -0.4 is 10.1 Å². The van der Waals surface area contributed by atoms with Crippen molar-refractivity contribution in [1.82, 2.24) is 4.98 Å². The Morgan fingerprint density at radius 2 is 2.14 bits per heavy atom. The first-order chi connectivity index (χ1) is 10.0. The lowest BCUT2D eigenvalue weighted by Crippen LogP contribution is -2.12. The van der Waals surface area contributed by atoms with Crippen LogP contribution in [-0.4, -0.2) is 22.9 Å². The molecule has 8 heteroatoms. The third-order valence-electron chi connectivity index (χ3n) is 2.61. The molecule has 1 amide bonds. The number of hydrogen-bond donors (Lipinski definition) is 1. The molecule has 0 saturated heterocycles. The van der Waals surface area contributed by atoms with Crippen molar-refractivity contribution in [2.24, 2.45) is 0 Å². The summed E-state index contributed by atoms with van der Waals surface area (Å²) in [4.78, 5) is 26.1. The summed E-state index contributed by atoms with van der Waals surface area (Å²) in [5, 5.41) is 13.3. The number of pyridine rings is 1. The van der Waals surface area contributed by atoms with E-state index < -0.39 is 10.8 Å². The molecule has 1 heterocycles. The number of amides is 1. The van der Waals surface area contributed by atoms with Gasteiger partial charge in [-0.05, 0) is 18.2 Å². The van der Waals surface area contributed by atoms with Crippen molar-refractivity contribution in [3.05, 3.63) is 57.2 Å². The Kier molecular flexibility index (Phi) is 4.34. The highest BCUT2D eigenvalue weighted by Crippen LogP contribution is 2.25. The summed E-state index contributed by atoms with van der Waals surface area (Å²) < 4.78 is 4.90. The maximum absolute atomic E-state index is 12.0. The van der Waals surface area contributed by atoms with Gasteiger partial charge in [0.1, 0.15) is 5.02 Å². The van der Waals surface area contributed by atoms with E-state index in [4.69, 9.17) is 16.3 Å². The molecule has 0 saturated carbocycles. The first-order valence-electron chi connectivity index (χ1n) is 5.76. The number of hydrogen-bond acceptors (Lipinski definition) is 5. The molecule has 1 aromatic heterocycles. The summed E-state index contributed by atoms with van der Waals surface area (Å²) in [6.07, 6.45) is 1.42. The number of anilines is 1. The van der Waals surface area contributed by atoms with Crippen molar-refractivity contribution in [2.75, 3.05) is 12.4 Å². The van der Waals surface area contributed by atoms with E-state index in [2.05, 4.69) is 10.3 Å². The summed E-state index contributed by atoms with van der Waals surface area (Å²) in [7, 11) is 1.48. The molecule has 0 spiro atoms. The van der Waals surface area contributed by atoms with Crippen LogP contribution in [0.4, 0.5) is 11.4 Å². The molecule has 0 aliphatic rings. The van der Waals surface area contributed by atoms with Crippen LogP contribution in [0.1, 0.15) is 10.4 Å². The van der Waals surface area contributed by atoms with Crippen molar-refractivity contribution in [3.8, 4) is 5.88 Å². The second-order valence-electron chi connectivity index (χ2n) is 3.97. The minimum Gasteiger partial charge on any atom is -0.481 e. The first-order valence-corrected chi connectivity index (χ1v) is 6.14. The minimum atomic E-state index is -0.645. The summed E-state index contributed by atoms with van der Waals surface area (Å²) >= 11 is 5.69. The number of halogens is 1. The van der Waals surface area contributed by atoms with E-state index in [1.54, 1.807) is 12.1 Å². The van der Waals surface area contributed by atoms with Crippen LogP contribution in [0.5, 0.6) is 5.88 Å². The number of nitro groups is 1. The van der Waals surface area contributed by atoms with Gasteiger partial charge in [0.2, 0.25) is 5.88 Å². The van der Waals surface area contributed by atoms with Crippen LogP contribution in [0, 0.1) is 10.1 Å². The predicted octanol–water partition coefficient (Wildman–Crippen LogP) is 2.90. The largest absolute Gasteiger partial charge is 0.481 e. The number of aromatic nitrogens is 1. The van der Waals surface area contributed by atoms with Crippen molar-refractivity contribution in [1.29, 1.82) is 0 Å². The minimum absolute atomic E-state index is 0.0253. The lowest BCUT2D eigenvalue weighted by atomic mass is 10.2. The third kappa shape index (κ3) is 3.46. The molecule has 0 radical (unpaired) electrons. The summed E-state index contributed by atoms with van der Waals surface area (Å²) in [6, 6.07) is 7.02. The van der Waals surface area contributed by atoms with Crippen molar-refractivity contribution in [3.63, 3.8) is 0 Å². The fourth-order valence-corrected chi connectivity index (χ4v) is 1.76. The summed E-state index contributed by atoms with van der Waals surface area (Å²) in [6.45, 7) is 0. The van der Waals surface area contributed by atoms with Gasteiger partial charge in [0.25, 0.3) is 11.6 Å². The zero-order valence-electron chi connectivity index (χ0n) is 10.9. The summed E-state index contributed by atoms with van der Waals surface area (Å²) in [5.74, 6) is -0.0862. The van der Waals surface area contributed by atoms with Crippen LogP contribution in [0.15, 0.2) is 36.5 Å². The van der Waals surface area contributed by atoms with Crippen LogP contribution in [0.2, 0.25) is 5.02 Å². The van der Waals surface area contributed by atoms with Gasteiger partial charge in [-0.1, -0.05) is 11.6 Å². The molecule has 21 heavy (non-hydrogen) atoms. The van der Waals surface area contributed by atoms with Gasteiger partial charge in [0, 0.05) is 17.7 Å². The molecule has 1 aromatic carbocycles. The summed E-state index contributed by atoms with van der Waals surface area (Å²) in [5.41, 5.74) is 0.248. The standard InChI is InChI=1S/C13H10ClN3O4/c1-21-12-5-3-9(7-15-12)16-13(18)8-2-4-10(14)11(6-8)17(19)20/h2-7H,1H3,(H,16,18). The van der Waals surface area contributed by atoms with Gasteiger partial charge >= 0.3 is 0 Å². The second kappa shape index (κ2) is 6.19. The van der Waals surface area contributed by atoms with Gasteiger partial charge in [-0.3, -0.25) is 14.9 Å². The van der Waals surface area contributed by atoms with E-state index in [1.165, 1.54) is 25.4 Å². The van der Waals surface area contributed by atoms with Gasteiger partial charge in [0.05, 0.1) is 23.9 Å². The van der Waals surface area contributed by atoms with Gasteiger partial charge < -0.3 is 10.1 Å². The third-order valence-corrected chi connectivity index (χ3v) is 2.93. The van der Waals surface area contributed by atoms with E-state index >= 15 is 0 Å². The first kappa shape index (κ1) is 14.7. The van der Waals surface area contributed by atoms with E-state index in [0.29, 0.717) is 11.6 Å². The SMILES string of the molecule is COc1ccc(NC(=O)c2ccc(Cl)c([N+](=O)[O-])c2)cn1. The van der Waals surface area contributed by atoms with Crippen LogP contribution in [-0.2, 0) is 0 Å². The van der Waals surface area contributed by atoms with Crippen LogP contribution in [0.3, 0.4) is 0 Å². The van der Waals surface area contributed by atoms with Gasteiger partial charge in [-0.25, -0.2) is 4.98 Å². The number of methoxy groups -OCH3 is 1. The van der Waals surface area contributed by atoms with E-state index in [0.717, 1.165) is 6.07 Å². The molecule has 0 aliphatic heterocycles. The van der Waals surface area contributed by atoms with Crippen molar-refractivity contribution < 1.29 is 14.5 Å². The number of nitrogens with one attached hydrogen (secondary N) is 1. The zero-order valence-corrected chi connectivity index (χ0v) is 11.6. The molecule has 0 unspecified atom stereocenters. The Morgan fingerprint density at radius 1 is 1.38 bits per heavy atom. The Bertz CT molecular complexity index is 688. The van der Waals surface area contributed by atoms with Crippen LogP contribution in [0.25, 0.3) is 0 Å². The molecule has 108 valence electrons. The van der Waals surface area contributed by atoms with Gasteiger partial charge in [-0.2, -0.15) is 0 Å². The van der Waals surface area contributed by atoms with Crippen LogP contribution >= 0.6 is 11.6 Å². The van der Waals surface area contributed by atoms with E-state index in [-0.39, 0.29) is 16.3 Å². The lowest BCUT2D eigenvalue weighted by molar-refractivity contribution is -0.384. The Labute approximate surface area is 124 Å². The normalized spacial score (nSPS) is 10.0. The molecule has 0 aliphatic carbocycles. The maximum atomic E-state index is 12.0. The van der Waals surface area contributed by atoms with Gasteiger partial charge in [0.15, 0.2) is 0 Å². The molecular formula is C13H10ClN3O4. The predicted molar refractivity (Wildman–Crippen MR) is 76.8 cm³/mol. The molecule has 2 rings (SSSR count). The lowest BCUT2D eigenvalue weighted by Gasteiger charge is -2.06. The smallest absolute Gasteiger partial charge is 0.288 e. The molecular weight excluding hydrogens is 298 g/mol. The Hall–Kier alpha value is -2.67. The fourth-order valence-electron chi connectivity index (χ4n) is 1.57. The molecule has 7 nitrogen and oxygen atoms in total. The maximum Gasteiger partial charge on any atom is 0.288 e. The highest BCUT2D eigenvalue weighted by molar-refractivity contribution is 6.32. The van der Waals surface area contributed by atoms with Crippen molar-refractivity contribution >= 4 is 28.9 Å². The molecule has 0 bridgehead atoms. The van der Waals surface area contributed by atoms with Gasteiger partial charge in [-0.15, -0.1) is 0 Å². The highest BCUT2D eigenvalue weighted by atomic mass is 35.5. The Morgan fingerprint density at radius 3 is 2.71 bits per heavy atom. The van der Waals surface area contributed by atoms with E-state index in [1.807, 2.05) is 0 Å². The van der Waals surface area contributed by atoms with Crippen molar-refractivity contribution in [2.45, 2.75) is 0 Å². The molecule has 0 atom stereocenters. The number of nitro benzene ring substituents is 1.